The van der Waals surface area contributed by atoms with Crippen molar-refractivity contribution in [2.45, 2.75) is 19.3 Å². The number of carbonyl (C=O) groups is 1. The molecule has 1 aliphatic rings. The van der Waals surface area contributed by atoms with E-state index in [1.807, 2.05) is 12.1 Å². The summed E-state index contributed by atoms with van der Waals surface area (Å²) in [5.41, 5.74) is 5.10. The molecule has 0 spiro atoms. The molecular formula is C19H21N3O2. The number of hydrogen-bond acceptors (Lipinski definition) is 4. The van der Waals surface area contributed by atoms with Crippen molar-refractivity contribution in [2.75, 3.05) is 18.0 Å². The fourth-order valence-corrected chi connectivity index (χ4v) is 2.77. The second kappa shape index (κ2) is 7.64. The van der Waals surface area contributed by atoms with Crippen LogP contribution in [0.15, 0.2) is 53.6 Å². The monoisotopic (exact) mass is 323 g/mol. The van der Waals surface area contributed by atoms with E-state index in [9.17, 15) is 9.90 Å². The third-order valence-electron chi connectivity index (χ3n) is 4.12. The van der Waals surface area contributed by atoms with Crippen LogP contribution in [0, 0.1) is 0 Å². The zero-order valence-corrected chi connectivity index (χ0v) is 13.5. The number of phenols is 1. The average Bonchev–Trinajstić information content (AvgIpc) is 2.63. The molecule has 5 heteroatoms. The van der Waals surface area contributed by atoms with E-state index in [4.69, 9.17) is 0 Å². The molecular weight excluding hydrogens is 302 g/mol. The molecule has 1 heterocycles. The predicted molar refractivity (Wildman–Crippen MR) is 95.7 cm³/mol. The molecule has 2 N–H and O–H groups in total. The number of carbonyl (C=O) groups excluding carboxylic acids is 1. The first kappa shape index (κ1) is 16.1. The van der Waals surface area contributed by atoms with E-state index in [0.29, 0.717) is 5.56 Å². The highest BCUT2D eigenvalue weighted by Crippen LogP contribution is 2.19. The Morgan fingerprint density at radius 1 is 1.00 bits per heavy atom. The number of phenolic OH excluding ortho intramolecular Hbond substituents is 1. The standard InChI is InChI=1S/C19H21N3O2/c23-18-10-6-16(7-11-18)19(24)21-20-14-15-4-8-17(9-5-15)22-12-2-1-3-13-22/h4-11,14,23H,1-3,12-13H2,(H,21,24)/b20-14+. The van der Waals surface area contributed by atoms with E-state index < -0.39 is 0 Å². The van der Waals surface area contributed by atoms with E-state index in [0.717, 1.165) is 18.7 Å². The van der Waals surface area contributed by atoms with E-state index in [2.05, 4.69) is 27.6 Å². The number of nitrogens with one attached hydrogen (secondary N) is 1. The molecule has 24 heavy (non-hydrogen) atoms. The summed E-state index contributed by atoms with van der Waals surface area (Å²) in [5.74, 6) is -0.181. The van der Waals surface area contributed by atoms with Crippen LogP contribution in [0.1, 0.15) is 35.2 Å². The minimum absolute atomic E-state index is 0.129. The van der Waals surface area contributed by atoms with Gasteiger partial charge in [-0.3, -0.25) is 4.79 Å². The molecule has 2 aromatic rings. The highest BCUT2D eigenvalue weighted by atomic mass is 16.3. The van der Waals surface area contributed by atoms with Crippen LogP contribution in [0.5, 0.6) is 5.75 Å². The second-order valence-electron chi connectivity index (χ2n) is 5.89. The quantitative estimate of drug-likeness (QED) is 0.671. The minimum Gasteiger partial charge on any atom is -0.508 e. The van der Waals surface area contributed by atoms with Gasteiger partial charge in [0.2, 0.25) is 0 Å². The van der Waals surface area contributed by atoms with Gasteiger partial charge in [-0.15, -0.1) is 0 Å². The second-order valence-corrected chi connectivity index (χ2v) is 5.89. The van der Waals surface area contributed by atoms with Crippen molar-refractivity contribution < 1.29 is 9.90 Å². The molecule has 0 radical (unpaired) electrons. The van der Waals surface area contributed by atoms with Gasteiger partial charge in [0, 0.05) is 24.3 Å². The third-order valence-corrected chi connectivity index (χ3v) is 4.12. The molecule has 1 aliphatic heterocycles. The lowest BCUT2D eigenvalue weighted by Gasteiger charge is -2.28. The predicted octanol–water partition coefficient (Wildman–Crippen LogP) is 3.15. The molecule has 2 aromatic carbocycles. The molecule has 0 bridgehead atoms. The number of aromatic hydroxyl groups is 1. The first-order valence-electron chi connectivity index (χ1n) is 8.20. The Bertz CT molecular complexity index is 702. The number of rotatable bonds is 4. The first-order chi connectivity index (χ1) is 11.7. The Morgan fingerprint density at radius 2 is 1.67 bits per heavy atom. The number of hydrogen-bond donors (Lipinski definition) is 2. The van der Waals surface area contributed by atoms with Gasteiger partial charge in [0.15, 0.2) is 0 Å². The van der Waals surface area contributed by atoms with Gasteiger partial charge >= 0.3 is 0 Å². The van der Waals surface area contributed by atoms with Gasteiger partial charge in [-0.1, -0.05) is 12.1 Å². The summed E-state index contributed by atoms with van der Waals surface area (Å²) < 4.78 is 0. The highest BCUT2D eigenvalue weighted by Gasteiger charge is 2.10. The molecule has 0 saturated carbocycles. The van der Waals surface area contributed by atoms with Crippen molar-refractivity contribution in [3.05, 3.63) is 59.7 Å². The number of benzene rings is 2. The summed E-state index contributed by atoms with van der Waals surface area (Å²) >= 11 is 0. The topological polar surface area (TPSA) is 64.9 Å². The first-order valence-corrected chi connectivity index (χ1v) is 8.20. The van der Waals surface area contributed by atoms with Gasteiger partial charge in [0.25, 0.3) is 5.91 Å². The fourth-order valence-electron chi connectivity index (χ4n) is 2.77. The van der Waals surface area contributed by atoms with Crippen molar-refractivity contribution in [3.8, 4) is 5.75 Å². The number of hydrazone groups is 1. The van der Waals surface area contributed by atoms with E-state index >= 15 is 0 Å². The summed E-state index contributed by atoms with van der Waals surface area (Å²) in [6.45, 7) is 2.24. The largest absolute Gasteiger partial charge is 0.508 e. The van der Waals surface area contributed by atoms with Crippen molar-refractivity contribution >= 4 is 17.8 Å². The molecule has 0 unspecified atom stereocenters. The van der Waals surface area contributed by atoms with Crippen molar-refractivity contribution in [1.29, 1.82) is 0 Å². The van der Waals surface area contributed by atoms with Crippen molar-refractivity contribution in [2.24, 2.45) is 5.10 Å². The summed E-state index contributed by atoms with van der Waals surface area (Å²) in [6.07, 6.45) is 5.46. The van der Waals surface area contributed by atoms with Crippen LogP contribution in [-0.2, 0) is 0 Å². The lowest BCUT2D eigenvalue weighted by atomic mass is 10.1. The fraction of sp³-hybridized carbons (Fsp3) is 0.263. The lowest BCUT2D eigenvalue weighted by Crippen LogP contribution is -2.29. The molecule has 0 aromatic heterocycles. The smallest absolute Gasteiger partial charge is 0.271 e. The molecule has 1 amide bonds. The van der Waals surface area contributed by atoms with Gasteiger partial charge in [-0.25, -0.2) is 5.43 Å². The van der Waals surface area contributed by atoms with Gasteiger partial charge in [0.05, 0.1) is 6.21 Å². The lowest BCUT2D eigenvalue weighted by molar-refractivity contribution is 0.0955. The van der Waals surface area contributed by atoms with Gasteiger partial charge < -0.3 is 10.0 Å². The Kier molecular flexibility index (Phi) is 5.11. The van der Waals surface area contributed by atoms with Crippen LogP contribution in [0.4, 0.5) is 5.69 Å². The number of piperidine rings is 1. The molecule has 3 rings (SSSR count). The molecule has 1 saturated heterocycles. The molecule has 1 fully saturated rings. The SMILES string of the molecule is O=C(N/N=C/c1ccc(N2CCCCC2)cc1)c1ccc(O)cc1. The molecule has 5 nitrogen and oxygen atoms in total. The van der Waals surface area contributed by atoms with Gasteiger partial charge in [-0.05, 0) is 61.2 Å². The zero-order valence-electron chi connectivity index (χ0n) is 13.5. The minimum atomic E-state index is -0.309. The average molecular weight is 323 g/mol. The highest BCUT2D eigenvalue weighted by molar-refractivity contribution is 5.95. The Hall–Kier alpha value is -2.82. The van der Waals surface area contributed by atoms with Crippen LogP contribution >= 0.6 is 0 Å². The number of anilines is 1. The third kappa shape index (κ3) is 4.13. The summed E-state index contributed by atoms with van der Waals surface area (Å²) in [7, 11) is 0. The van der Waals surface area contributed by atoms with Crippen molar-refractivity contribution in [3.63, 3.8) is 0 Å². The Labute approximate surface area is 141 Å². The van der Waals surface area contributed by atoms with E-state index in [1.54, 1.807) is 18.3 Å². The molecule has 124 valence electrons. The summed E-state index contributed by atoms with van der Waals surface area (Å²) in [4.78, 5) is 14.3. The number of nitrogens with zero attached hydrogens (tertiary/aromatic N) is 2. The summed E-state index contributed by atoms with van der Waals surface area (Å²) in [6, 6.07) is 14.2. The Balaban J connectivity index is 1.56. The van der Waals surface area contributed by atoms with Crippen LogP contribution in [0.2, 0.25) is 0 Å². The van der Waals surface area contributed by atoms with Crippen LogP contribution in [0.3, 0.4) is 0 Å². The van der Waals surface area contributed by atoms with Crippen LogP contribution in [0.25, 0.3) is 0 Å². The maximum Gasteiger partial charge on any atom is 0.271 e. The normalized spacial score (nSPS) is 14.8. The van der Waals surface area contributed by atoms with Gasteiger partial charge in [0.1, 0.15) is 5.75 Å². The van der Waals surface area contributed by atoms with Crippen molar-refractivity contribution in [1.82, 2.24) is 5.43 Å². The summed E-state index contributed by atoms with van der Waals surface area (Å²) in [5, 5.41) is 13.2. The van der Waals surface area contributed by atoms with Crippen LogP contribution in [-0.4, -0.2) is 30.3 Å². The Morgan fingerprint density at radius 3 is 2.33 bits per heavy atom. The van der Waals surface area contributed by atoms with Crippen LogP contribution < -0.4 is 10.3 Å². The van der Waals surface area contributed by atoms with Gasteiger partial charge in [-0.2, -0.15) is 5.10 Å². The maximum atomic E-state index is 11.9. The van der Waals surface area contributed by atoms with E-state index in [1.165, 1.54) is 37.1 Å². The number of amides is 1. The molecule has 0 aliphatic carbocycles. The zero-order chi connectivity index (χ0) is 16.8. The van der Waals surface area contributed by atoms with E-state index in [-0.39, 0.29) is 11.7 Å². The maximum absolute atomic E-state index is 11.9. The molecule has 0 atom stereocenters.